The van der Waals surface area contributed by atoms with Crippen LogP contribution >= 0.6 is 0 Å². The molecule has 0 bridgehead atoms. The summed E-state index contributed by atoms with van der Waals surface area (Å²) in [5, 5.41) is 6.21. The number of primary amides is 1. The van der Waals surface area contributed by atoms with Crippen molar-refractivity contribution in [2.24, 2.45) is 11.7 Å². The summed E-state index contributed by atoms with van der Waals surface area (Å²) in [5.41, 5.74) is 7.90. The average molecular weight is 351 g/mol. The zero-order valence-corrected chi connectivity index (χ0v) is 14.7. The summed E-state index contributed by atoms with van der Waals surface area (Å²) in [7, 11) is 0. The molecular formula is C18H21N7O. The molecule has 0 saturated carbocycles. The maximum Gasteiger partial charge on any atom is 0.240 e. The summed E-state index contributed by atoms with van der Waals surface area (Å²) < 4.78 is 0. The number of rotatable bonds is 7. The molecule has 0 spiro atoms. The van der Waals surface area contributed by atoms with Crippen LogP contribution in [0, 0.1) is 5.92 Å². The highest BCUT2D eigenvalue weighted by atomic mass is 16.1. The van der Waals surface area contributed by atoms with Crippen LogP contribution in [0.2, 0.25) is 0 Å². The van der Waals surface area contributed by atoms with E-state index in [0.717, 1.165) is 16.7 Å². The predicted molar refractivity (Wildman–Crippen MR) is 101 cm³/mol. The molecule has 26 heavy (non-hydrogen) atoms. The number of amides is 1. The van der Waals surface area contributed by atoms with E-state index in [0.29, 0.717) is 24.1 Å². The molecule has 0 aliphatic carbocycles. The first kappa shape index (κ1) is 17.5. The second-order valence-corrected chi connectivity index (χ2v) is 6.38. The third-order valence-electron chi connectivity index (χ3n) is 3.75. The Balaban J connectivity index is 1.76. The van der Waals surface area contributed by atoms with Gasteiger partial charge in [0.15, 0.2) is 0 Å². The van der Waals surface area contributed by atoms with Gasteiger partial charge in [-0.05, 0) is 36.6 Å². The lowest BCUT2D eigenvalue weighted by Gasteiger charge is -2.17. The van der Waals surface area contributed by atoms with Gasteiger partial charge in [0, 0.05) is 24.3 Å². The number of carbonyl (C=O) groups excluding carboxylic acids is 1. The standard InChI is InChI=1S/C18H21N7O/c1-11(2)9-15(17(19)26)24-18-22-6-5-16(25-18)23-12-3-4-13-14(10-12)21-8-7-20-13/h3-8,10-11,15H,9H2,1-2H3,(H2,19,26)(H2,22,23,24,25)/t15-/m1/s1. The molecule has 2 aromatic heterocycles. The Hall–Kier alpha value is -3.29. The van der Waals surface area contributed by atoms with Crippen LogP contribution in [0.5, 0.6) is 0 Å². The molecule has 1 amide bonds. The van der Waals surface area contributed by atoms with Gasteiger partial charge in [-0.25, -0.2) is 4.98 Å². The zero-order valence-electron chi connectivity index (χ0n) is 14.7. The van der Waals surface area contributed by atoms with Gasteiger partial charge in [-0.15, -0.1) is 0 Å². The summed E-state index contributed by atoms with van der Waals surface area (Å²) >= 11 is 0. The van der Waals surface area contributed by atoms with Gasteiger partial charge in [0.05, 0.1) is 11.0 Å². The molecule has 1 aromatic carbocycles. The number of anilines is 3. The fourth-order valence-corrected chi connectivity index (χ4v) is 2.56. The van der Waals surface area contributed by atoms with E-state index in [2.05, 4.69) is 30.6 Å². The van der Waals surface area contributed by atoms with Crippen molar-refractivity contribution >= 4 is 34.4 Å². The van der Waals surface area contributed by atoms with Gasteiger partial charge in [-0.3, -0.25) is 14.8 Å². The molecule has 2 heterocycles. The average Bonchev–Trinajstić information content (AvgIpc) is 2.61. The molecule has 0 aliphatic heterocycles. The van der Waals surface area contributed by atoms with Crippen molar-refractivity contribution in [3.8, 4) is 0 Å². The van der Waals surface area contributed by atoms with Crippen LogP contribution < -0.4 is 16.4 Å². The van der Waals surface area contributed by atoms with Crippen molar-refractivity contribution < 1.29 is 4.79 Å². The molecular weight excluding hydrogens is 330 g/mol. The Bertz CT molecular complexity index is 913. The fraction of sp³-hybridized carbons (Fsp3) is 0.278. The highest BCUT2D eigenvalue weighted by molar-refractivity contribution is 5.82. The van der Waals surface area contributed by atoms with Crippen molar-refractivity contribution in [2.75, 3.05) is 10.6 Å². The van der Waals surface area contributed by atoms with Crippen LogP contribution in [0.25, 0.3) is 11.0 Å². The molecule has 3 rings (SSSR count). The summed E-state index contributed by atoms with van der Waals surface area (Å²) in [6, 6.07) is 6.91. The fourth-order valence-electron chi connectivity index (χ4n) is 2.56. The predicted octanol–water partition coefficient (Wildman–Crippen LogP) is 2.48. The summed E-state index contributed by atoms with van der Waals surface area (Å²) in [6.07, 6.45) is 5.53. The largest absolute Gasteiger partial charge is 0.368 e. The molecule has 4 N–H and O–H groups in total. The van der Waals surface area contributed by atoms with Crippen LogP contribution in [0.15, 0.2) is 42.9 Å². The number of nitrogens with two attached hydrogens (primary N) is 1. The molecule has 8 heteroatoms. The van der Waals surface area contributed by atoms with E-state index in [-0.39, 0.29) is 0 Å². The summed E-state index contributed by atoms with van der Waals surface area (Å²) in [4.78, 5) is 28.7. The lowest BCUT2D eigenvalue weighted by molar-refractivity contribution is -0.119. The highest BCUT2D eigenvalue weighted by Crippen LogP contribution is 2.19. The Morgan fingerprint density at radius 3 is 2.58 bits per heavy atom. The zero-order chi connectivity index (χ0) is 18.5. The summed E-state index contributed by atoms with van der Waals surface area (Å²) in [6.45, 7) is 4.05. The number of benzene rings is 1. The van der Waals surface area contributed by atoms with Crippen molar-refractivity contribution in [1.82, 2.24) is 19.9 Å². The number of hydrogen-bond acceptors (Lipinski definition) is 7. The molecule has 3 aromatic rings. The Morgan fingerprint density at radius 1 is 1.08 bits per heavy atom. The molecule has 134 valence electrons. The van der Waals surface area contributed by atoms with E-state index < -0.39 is 11.9 Å². The van der Waals surface area contributed by atoms with Crippen molar-refractivity contribution in [1.29, 1.82) is 0 Å². The maximum absolute atomic E-state index is 11.6. The van der Waals surface area contributed by atoms with Crippen LogP contribution in [-0.2, 0) is 4.79 Å². The first-order valence-electron chi connectivity index (χ1n) is 8.38. The Kier molecular flexibility index (Phi) is 5.21. The van der Waals surface area contributed by atoms with E-state index in [9.17, 15) is 4.79 Å². The van der Waals surface area contributed by atoms with Gasteiger partial charge < -0.3 is 16.4 Å². The molecule has 1 atom stereocenters. The van der Waals surface area contributed by atoms with E-state index in [4.69, 9.17) is 5.73 Å². The Labute approximate surface area is 151 Å². The van der Waals surface area contributed by atoms with Gasteiger partial charge in [0.1, 0.15) is 11.9 Å². The molecule has 0 fully saturated rings. The van der Waals surface area contributed by atoms with Gasteiger partial charge in [-0.1, -0.05) is 13.8 Å². The van der Waals surface area contributed by atoms with Crippen LogP contribution in [-0.4, -0.2) is 31.9 Å². The topological polar surface area (TPSA) is 119 Å². The third-order valence-corrected chi connectivity index (χ3v) is 3.75. The minimum absolute atomic E-state index is 0.319. The van der Waals surface area contributed by atoms with E-state index in [1.165, 1.54) is 0 Å². The number of aromatic nitrogens is 4. The number of nitrogens with zero attached hydrogens (tertiary/aromatic N) is 4. The molecule has 8 nitrogen and oxygen atoms in total. The normalized spacial score (nSPS) is 12.1. The third kappa shape index (κ3) is 4.41. The molecule has 0 aliphatic rings. The number of hydrogen-bond donors (Lipinski definition) is 3. The maximum atomic E-state index is 11.6. The first-order chi connectivity index (χ1) is 12.5. The molecule has 0 saturated heterocycles. The first-order valence-corrected chi connectivity index (χ1v) is 8.38. The van der Waals surface area contributed by atoms with Crippen LogP contribution in [0.4, 0.5) is 17.5 Å². The minimum Gasteiger partial charge on any atom is -0.368 e. The number of carbonyl (C=O) groups is 1. The van der Waals surface area contributed by atoms with Gasteiger partial charge in [-0.2, -0.15) is 4.98 Å². The monoisotopic (exact) mass is 351 g/mol. The minimum atomic E-state index is -0.513. The van der Waals surface area contributed by atoms with E-state index in [1.54, 1.807) is 24.7 Å². The lowest BCUT2D eigenvalue weighted by atomic mass is 10.0. The van der Waals surface area contributed by atoms with Crippen LogP contribution in [0.1, 0.15) is 20.3 Å². The number of nitrogens with one attached hydrogen (secondary N) is 2. The van der Waals surface area contributed by atoms with E-state index >= 15 is 0 Å². The SMILES string of the molecule is CC(C)C[C@@H](Nc1nccc(Nc2ccc3nccnc3c2)n1)C(N)=O. The summed E-state index contributed by atoms with van der Waals surface area (Å²) in [5.74, 6) is 0.840. The lowest BCUT2D eigenvalue weighted by Crippen LogP contribution is -2.37. The smallest absolute Gasteiger partial charge is 0.240 e. The van der Waals surface area contributed by atoms with Crippen molar-refractivity contribution in [3.63, 3.8) is 0 Å². The second kappa shape index (κ2) is 7.73. The molecule has 0 unspecified atom stereocenters. The van der Waals surface area contributed by atoms with Gasteiger partial charge in [0.25, 0.3) is 0 Å². The number of fused-ring (bicyclic) bond motifs is 1. The van der Waals surface area contributed by atoms with Crippen molar-refractivity contribution in [2.45, 2.75) is 26.3 Å². The van der Waals surface area contributed by atoms with E-state index in [1.807, 2.05) is 32.0 Å². The van der Waals surface area contributed by atoms with Crippen molar-refractivity contribution in [3.05, 3.63) is 42.9 Å². The van der Waals surface area contributed by atoms with Gasteiger partial charge in [0.2, 0.25) is 11.9 Å². The molecule has 0 radical (unpaired) electrons. The van der Waals surface area contributed by atoms with Gasteiger partial charge >= 0.3 is 0 Å². The Morgan fingerprint density at radius 2 is 1.85 bits per heavy atom. The quantitative estimate of drug-likeness (QED) is 0.598. The van der Waals surface area contributed by atoms with Crippen LogP contribution in [0.3, 0.4) is 0 Å². The second-order valence-electron chi connectivity index (χ2n) is 6.38. The highest BCUT2D eigenvalue weighted by Gasteiger charge is 2.17.